The fourth-order valence-corrected chi connectivity index (χ4v) is 6.97. The van der Waals surface area contributed by atoms with Gasteiger partial charge in [0, 0.05) is 17.5 Å². The van der Waals surface area contributed by atoms with Crippen molar-refractivity contribution in [3.8, 4) is 11.5 Å². The van der Waals surface area contributed by atoms with E-state index in [2.05, 4.69) is 0 Å². The molecule has 1 amide bonds. The fourth-order valence-electron chi connectivity index (χ4n) is 6.97. The van der Waals surface area contributed by atoms with Gasteiger partial charge in [-0.25, -0.2) is 0 Å². The van der Waals surface area contributed by atoms with Gasteiger partial charge in [-0.1, -0.05) is 18.2 Å². The number of hydrogen-bond donors (Lipinski definition) is 5. The number of rotatable bonds is 6. The van der Waals surface area contributed by atoms with Gasteiger partial charge in [0.2, 0.25) is 11.7 Å². The average molecular weight is 551 g/mol. The number of methoxy groups -OCH3 is 1. The van der Waals surface area contributed by atoms with E-state index in [0.29, 0.717) is 18.4 Å². The van der Waals surface area contributed by atoms with Gasteiger partial charge in [-0.05, 0) is 80.6 Å². The Morgan fingerprint density at radius 3 is 2.38 bits per heavy atom. The van der Waals surface area contributed by atoms with Crippen molar-refractivity contribution in [3.05, 3.63) is 64.2 Å². The van der Waals surface area contributed by atoms with Crippen LogP contribution in [0.25, 0.3) is 5.76 Å². The van der Waals surface area contributed by atoms with E-state index in [1.54, 1.807) is 32.2 Å². The Balaban J connectivity index is 1.56. The van der Waals surface area contributed by atoms with Crippen LogP contribution in [-0.2, 0) is 33.6 Å². The summed E-state index contributed by atoms with van der Waals surface area (Å²) in [6.45, 7) is 0. The molecule has 10 heteroatoms. The Hall–Kier alpha value is -3.73. The van der Waals surface area contributed by atoms with Crippen LogP contribution in [0, 0.1) is 17.8 Å². The summed E-state index contributed by atoms with van der Waals surface area (Å²) in [6.07, 6.45) is 0.137. The minimum absolute atomic E-state index is 0.0891. The lowest BCUT2D eigenvalue weighted by Crippen LogP contribution is -2.73. The molecule has 0 saturated heterocycles. The Morgan fingerprint density at radius 2 is 1.77 bits per heavy atom. The maximum Gasteiger partial charge on any atom is 0.230 e. The van der Waals surface area contributed by atoms with E-state index < -0.39 is 58.7 Å². The van der Waals surface area contributed by atoms with Gasteiger partial charge in [0.05, 0.1) is 18.8 Å². The zero-order valence-corrected chi connectivity index (χ0v) is 22.6. The number of fused-ring (bicyclic) bond motifs is 3. The van der Waals surface area contributed by atoms with Gasteiger partial charge in [0.1, 0.15) is 23.2 Å². The lowest BCUT2D eigenvalue weighted by atomic mass is 9.54. The van der Waals surface area contributed by atoms with Crippen molar-refractivity contribution in [3.63, 3.8) is 0 Å². The summed E-state index contributed by atoms with van der Waals surface area (Å²) in [5.41, 5.74) is 5.36. The number of carbonyl (C=O) groups is 3. The zero-order valence-electron chi connectivity index (χ0n) is 22.6. The summed E-state index contributed by atoms with van der Waals surface area (Å²) in [5.74, 6) is -6.70. The molecular formula is C30H34N2O8. The summed E-state index contributed by atoms with van der Waals surface area (Å²) in [5, 5.41) is 44.8. The van der Waals surface area contributed by atoms with Crippen molar-refractivity contribution in [2.24, 2.45) is 23.5 Å². The molecule has 3 aliphatic carbocycles. The van der Waals surface area contributed by atoms with Crippen molar-refractivity contribution in [1.29, 1.82) is 0 Å². The van der Waals surface area contributed by atoms with Gasteiger partial charge in [0.15, 0.2) is 11.4 Å². The van der Waals surface area contributed by atoms with E-state index >= 15 is 0 Å². The fraction of sp³-hybridized carbons (Fsp3) is 0.433. The van der Waals surface area contributed by atoms with Crippen molar-refractivity contribution in [2.45, 2.75) is 43.4 Å². The molecule has 6 atom stereocenters. The molecule has 0 aromatic heterocycles. The molecule has 2 aromatic rings. The van der Waals surface area contributed by atoms with Crippen LogP contribution in [0.5, 0.6) is 11.5 Å². The number of likely N-dealkylation sites (N-methyl/N-ethyl adjacent to an activating group) is 1. The van der Waals surface area contributed by atoms with Crippen LogP contribution in [0.2, 0.25) is 0 Å². The first-order valence-corrected chi connectivity index (χ1v) is 13.3. The Labute approximate surface area is 231 Å². The number of primary amides is 1. The van der Waals surface area contributed by atoms with Crippen molar-refractivity contribution in [2.75, 3.05) is 21.2 Å². The molecule has 6 N–H and O–H groups in total. The maximum absolute atomic E-state index is 13.9. The van der Waals surface area contributed by atoms with E-state index in [9.17, 15) is 34.8 Å². The number of aromatic hydroxyl groups is 1. The van der Waals surface area contributed by atoms with Crippen LogP contribution in [0.15, 0.2) is 42.0 Å². The van der Waals surface area contributed by atoms with Crippen LogP contribution in [0.3, 0.4) is 0 Å². The Morgan fingerprint density at radius 1 is 1.10 bits per heavy atom. The number of amides is 1. The number of aryl methyl sites for hydroxylation is 2. The average Bonchev–Trinajstić information content (AvgIpc) is 2.90. The van der Waals surface area contributed by atoms with E-state index in [1.165, 1.54) is 6.07 Å². The number of phenols is 1. The monoisotopic (exact) mass is 550 g/mol. The highest BCUT2D eigenvalue weighted by molar-refractivity contribution is 6.25. The highest BCUT2D eigenvalue weighted by atomic mass is 16.5. The van der Waals surface area contributed by atoms with Gasteiger partial charge >= 0.3 is 0 Å². The molecule has 40 heavy (non-hydrogen) atoms. The van der Waals surface area contributed by atoms with E-state index in [1.807, 2.05) is 24.3 Å². The molecular weight excluding hydrogens is 516 g/mol. The molecule has 10 nitrogen and oxygen atoms in total. The number of nitrogens with two attached hydrogens (primary N) is 1. The molecule has 2 fully saturated rings. The molecule has 0 heterocycles. The predicted molar refractivity (Wildman–Crippen MR) is 144 cm³/mol. The Kier molecular flexibility index (Phi) is 6.98. The van der Waals surface area contributed by atoms with Crippen LogP contribution >= 0.6 is 0 Å². The van der Waals surface area contributed by atoms with Crippen molar-refractivity contribution >= 4 is 23.2 Å². The number of ether oxygens (including phenoxy) is 1. The first-order valence-electron chi connectivity index (χ1n) is 13.3. The summed E-state index contributed by atoms with van der Waals surface area (Å²) in [7, 11) is 4.85. The highest BCUT2D eigenvalue weighted by Crippen LogP contribution is 2.52. The Bertz CT molecular complexity index is 1420. The molecule has 5 rings (SSSR count). The third kappa shape index (κ3) is 4.09. The summed E-state index contributed by atoms with van der Waals surface area (Å²) >= 11 is 0. The summed E-state index contributed by atoms with van der Waals surface area (Å²) in [6, 6.07) is 10.0. The van der Waals surface area contributed by atoms with Crippen LogP contribution in [-0.4, -0.2) is 81.8 Å². The lowest BCUT2D eigenvalue weighted by Gasteiger charge is -2.53. The van der Waals surface area contributed by atoms with Gasteiger partial charge in [0.25, 0.3) is 0 Å². The highest BCUT2D eigenvalue weighted by Gasteiger charge is 2.67. The standard InChI is InChI=1S/C30H34N2O8/c1-32(2)24-19-13-16-12-18-15(7-4-14-5-9-17(40-3)10-6-14)8-11-20(33)22(18)25(34)21(16)27(36)30(19,39)28(37)23(26(24)35)29(31)38/h5-6,8-11,16,19,23-24,26,33-35,39H,4,7,12-13H2,1-3H3,(H2,31,38)/t16-,19-,23?,24-,26?,30-/m0/s1. The predicted octanol–water partition coefficient (Wildman–Crippen LogP) is 0.923. The largest absolute Gasteiger partial charge is 0.507 e. The number of Topliss-reactive ketones (excluding diaryl/α,β-unsaturated/α-hetero) is 2. The maximum atomic E-state index is 13.9. The number of nitrogens with zero attached hydrogens (tertiary/aromatic N) is 1. The molecule has 2 saturated carbocycles. The van der Waals surface area contributed by atoms with Crippen molar-refractivity contribution in [1.82, 2.24) is 4.90 Å². The molecule has 0 radical (unpaired) electrons. The van der Waals surface area contributed by atoms with Crippen LogP contribution < -0.4 is 10.5 Å². The second kappa shape index (κ2) is 10.0. The van der Waals surface area contributed by atoms with E-state index in [0.717, 1.165) is 16.9 Å². The van der Waals surface area contributed by atoms with Crippen LogP contribution in [0.4, 0.5) is 0 Å². The number of carbonyl (C=O) groups excluding carboxylic acids is 3. The van der Waals surface area contributed by atoms with E-state index in [4.69, 9.17) is 10.5 Å². The first-order chi connectivity index (χ1) is 18.9. The lowest BCUT2D eigenvalue weighted by molar-refractivity contribution is -0.184. The van der Waals surface area contributed by atoms with Gasteiger partial charge in [-0.3, -0.25) is 14.4 Å². The quantitative estimate of drug-likeness (QED) is 0.328. The molecule has 2 unspecified atom stereocenters. The zero-order chi connectivity index (χ0) is 29.1. The van der Waals surface area contributed by atoms with E-state index in [-0.39, 0.29) is 29.7 Å². The third-order valence-corrected chi connectivity index (χ3v) is 8.91. The number of phenolic OH excluding ortho intramolecular Hbond substituents is 1. The molecule has 212 valence electrons. The molecule has 0 bridgehead atoms. The third-order valence-electron chi connectivity index (χ3n) is 8.91. The van der Waals surface area contributed by atoms with Crippen LogP contribution in [0.1, 0.15) is 28.7 Å². The number of benzene rings is 2. The molecule has 0 aliphatic heterocycles. The number of hydrogen-bond acceptors (Lipinski definition) is 9. The SMILES string of the molecule is COc1ccc(CCc2ccc(O)c3c2C[C@H]2C[C@H]4[C@H](N(C)C)C(O)C(C(N)=O)C(=O)[C@@]4(O)C(=O)C2=C3O)cc1. The topological polar surface area (TPSA) is 171 Å². The number of aliphatic hydroxyl groups is 3. The molecule has 0 spiro atoms. The first kappa shape index (κ1) is 27.8. The minimum atomic E-state index is -2.66. The normalized spacial score (nSPS) is 29.6. The van der Waals surface area contributed by atoms with Gasteiger partial charge in [-0.15, -0.1) is 0 Å². The second-order valence-corrected chi connectivity index (χ2v) is 11.2. The molecule has 3 aliphatic rings. The second-order valence-electron chi connectivity index (χ2n) is 11.2. The molecule has 2 aromatic carbocycles. The minimum Gasteiger partial charge on any atom is -0.507 e. The summed E-state index contributed by atoms with van der Waals surface area (Å²) < 4.78 is 5.22. The summed E-state index contributed by atoms with van der Waals surface area (Å²) in [4.78, 5) is 41.1. The smallest absolute Gasteiger partial charge is 0.230 e. The van der Waals surface area contributed by atoms with Crippen molar-refractivity contribution < 1.29 is 39.5 Å². The van der Waals surface area contributed by atoms with Gasteiger partial charge in [-0.2, -0.15) is 0 Å². The van der Waals surface area contributed by atoms with Gasteiger partial charge < -0.3 is 35.8 Å². The number of aliphatic hydroxyl groups excluding tert-OH is 2. The number of ketones is 2.